The number of rotatable bonds is 2. The lowest BCUT2D eigenvalue weighted by atomic mass is 9.81. The van der Waals surface area contributed by atoms with Crippen molar-refractivity contribution >= 4 is 23.7 Å². The van der Waals surface area contributed by atoms with Crippen LogP contribution in [-0.2, 0) is 16.8 Å². The van der Waals surface area contributed by atoms with Crippen molar-refractivity contribution in [1.29, 1.82) is 0 Å². The topological polar surface area (TPSA) is 46.9 Å². The van der Waals surface area contributed by atoms with Crippen molar-refractivity contribution in [3.05, 3.63) is 46.6 Å². The average Bonchev–Trinajstić information content (AvgIpc) is 3.03. The molecule has 0 spiro atoms. The van der Waals surface area contributed by atoms with E-state index in [4.69, 9.17) is 21.5 Å². The van der Waals surface area contributed by atoms with Gasteiger partial charge in [-0.05, 0) is 25.0 Å². The number of aldehydes is 1. The first kappa shape index (κ1) is 20.2. The third-order valence-electron chi connectivity index (χ3n) is 3.82. The lowest BCUT2D eigenvalue weighted by Crippen LogP contribution is -2.21. The lowest BCUT2D eigenvalue weighted by molar-refractivity contribution is -0.106. The number of carbonyl (C=O) groups excluding carboxylic acids is 1. The van der Waals surface area contributed by atoms with Crippen LogP contribution in [-0.4, -0.2) is 22.6 Å². The van der Waals surface area contributed by atoms with E-state index >= 15 is 0 Å². The maximum atomic E-state index is 8.81. The van der Waals surface area contributed by atoms with Crippen LogP contribution in [0.1, 0.15) is 52.3 Å². The smallest absolute Gasteiger partial charge is 0.124 e. The molecule has 0 atom stereocenters. The van der Waals surface area contributed by atoms with Crippen LogP contribution in [0.15, 0.2) is 30.3 Å². The molecule has 1 aromatic heterocycles. The first-order valence-electron chi connectivity index (χ1n) is 8.47. The van der Waals surface area contributed by atoms with Crippen molar-refractivity contribution < 1.29 is 4.79 Å². The van der Waals surface area contributed by atoms with Gasteiger partial charge in [0.2, 0.25) is 0 Å². The highest BCUT2D eigenvalue weighted by atomic mass is 35.5. The quantitative estimate of drug-likeness (QED) is 0.783. The highest BCUT2D eigenvalue weighted by Crippen LogP contribution is 2.36. The van der Waals surface area contributed by atoms with Gasteiger partial charge < -0.3 is 10.1 Å². The van der Waals surface area contributed by atoms with Crippen molar-refractivity contribution in [2.45, 2.75) is 53.0 Å². The van der Waals surface area contributed by atoms with Crippen molar-refractivity contribution in [1.82, 2.24) is 9.78 Å². The van der Waals surface area contributed by atoms with Crippen molar-refractivity contribution in [3.63, 3.8) is 0 Å². The fourth-order valence-corrected chi connectivity index (χ4v) is 2.96. The Kier molecular flexibility index (Phi) is 7.99. The number of nitrogens with zero attached hydrogens (tertiary/aromatic N) is 2. The molecule has 4 nitrogen and oxygen atoms in total. The van der Waals surface area contributed by atoms with E-state index in [-0.39, 0.29) is 5.41 Å². The highest BCUT2D eigenvalue weighted by Gasteiger charge is 2.29. The second-order valence-corrected chi connectivity index (χ2v) is 6.17. The SMILES string of the molecule is CC.CC(C)(c1cc2n(n1)CCCN2)c1ccccc1Cl.CC=O. The van der Waals surface area contributed by atoms with Crippen LogP contribution in [0.3, 0.4) is 0 Å². The van der Waals surface area contributed by atoms with E-state index in [1.807, 2.05) is 32.0 Å². The summed E-state index contributed by atoms with van der Waals surface area (Å²) in [7, 11) is 0. The molecule has 0 unspecified atom stereocenters. The molecule has 5 heteroatoms. The van der Waals surface area contributed by atoms with E-state index in [1.54, 1.807) is 0 Å². The summed E-state index contributed by atoms with van der Waals surface area (Å²) in [5.41, 5.74) is 1.99. The van der Waals surface area contributed by atoms with Crippen molar-refractivity contribution in [2.24, 2.45) is 0 Å². The Bertz CT molecular complexity index is 626. The van der Waals surface area contributed by atoms with Crippen LogP contribution in [0.2, 0.25) is 5.02 Å². The van der Waals surface area contributed by atoms with Crippen LogP contribution in [0.4, 0.5) is 5.82 Å². The zero-order valence-electron chi connectivity index (χ0n) is 15.3. The zero-order valence-corrected chi connectivity index (χ0v) is 16.0. The van der Waals surface area contributed by atoms with Gasteiger partial charge in [-0.2, -0.15) is 5.10 Å². The number of hydrogen-bond donors (Lipinski definition) is 1. The molecular formula is C19H28ClN3O. The summed E-state index contributed by atoms with van der Waals surface area (Å²) < 4.78 is 2.05. The maximum Gasteiger partial charge on any atom is 0.124 e. The summed E-state index contributed by atoms with van der Waals surface area (Å²) >= 11 is 6.34. The van der Waals surface area contributed by atoms with Gasteiger partial charge in [-0.3, -0.25) is 0 Å². The van der Waals surface area contributed by atoms with Gasteiger partial charge in [-0.15, -0.1) is 0 Å². The average molecular weight is 350 g/mol. The third kappa shape index (κ3) is 4.60. The van der Waals surface area contributed by atoms with Gasteiger partial charge >= 0.3 is 0 Å². The first-order chi connectivity index (χ1) is 11.5. The number of halogens is 1. The molecule has 2 aromatic rings. The number of fused-ring (bicyclic) bond motifs is 1. The third-order valence-corrected chi connectivity index (χ3v) is 4.15. The van der Waals surface area contributed by atoms with Crippen LogP contribution in [0.5, 0.6) is 0 Å². The molecule has 2 heterocycles. The molecule has 3 rings (SSSR count). The molecule has 0 saturated heterocycles. The molecule has 0 bridgehead atoms. The van der Waals surface area contributed by atoms with Gasteiger partial charge in [-0.1, -0.05) is 57.5 Å². The van der Waals surface area contributed by atoms with Crippen LogP contribution in [0, 0.1) is 0 Å². The Morgan fingerprint density at radius 3 is 2.50 bits per heavy atom. The summed E-state index contributed by atoms with van der Waals surface area (Å²) in [6, 6.07) is 10.1. The Hall–Kier alpha value is -1.81. The molecule has 1 aromatic carbocycles. The minimum absolute atomic E-state index is 0.190. The molecule has 0 radical (unpaired) electrons. The van der Waals surface area contributed by atoms with E-state index in [1.165, 1.54) is 6.92 Å². The van der Waals surface area contributed by atoms with Crippen LogP contribution >= 0.6 is 11.6 Å². The van der Waals surface area contributed by atoms with Crippen LogP contribution < -0.4 is 5.32 Å². The molecule has 1 aliphatic heterocycles. The normalized spacial score (nSPS) is 12.6. The van der Waals surface area contributed by atoms with Gasteiger partial charge in [-0.25, -0.2) is 4.68 Å². The van der Waals surface area contributed by atoms with E-state index in [2.05, 4.69) is 36.0 Å². The van der Waals surface area contributed by atoms with Gasteiger partial charge in [0, 0.05) is 29.6 Å². The van der Waals surface area contributed by atoms with Crippen molar-refractivity contribution in [3.8, 4) is 0 Å². The molecule has 0 fully saturated rings. The zero-order chi connectivity index (χ0) is 18.2. The molecule has 0 amide bonds. The fourth-order valence-electron chi connectivity index (χ4n) is 2.59. The predicted molar refractivity (Wildman–Crippen MR) is 102 cm³/mol. The Balaban J connectivity index is 0.000000521. The second kappa shape index (κ2) is 9.48. The van der Waals surface area contributed by atoms with Gasteiger partial charge in [0.15, 0.2) is 0 Å². The monoisotopic (exact) mass is 349 g/mol. The minimum Gasteiger partial charge on any atom is -0.370 e. The lowest BCUT2D eigenvalue weighted by Gasteiger charge is -2.24. The molecule has 1 aliphatic rings. The Morgan fingerprint density at radius 2 is 1.92 bits per heavy atom. The first-order valence-corrected chi connectivity index (χ1v) is 8.85. The Labute approximate surface area is 150 Å². The van der Waals surface area contributed by atoms with E-state index < -0.39 is 0 Å². The standard InChI is InChI=1S/C15H18ClN3.C2H4O.C2H6/c1-15(2,11-6-3-4-7-12(11)16)13-10-14-17-8-5-9-19(14)18-13;1-2-3;1-2/h3-4,6-7,10,17H,5,8-9H2,1-2H3;2H,1H3;1-2H3. The number of nitrogens with one attached hydrogen (secondary N) is 1. The molecule has 24 heavy (non-hydrogen) atoms. The highest BCUT2D eigenvalue weighted by molar-refractivity contribution is 6.31. The second-order valence-electron chi connectivity index (χ2n) is 5.76. The number of hydrogen-bond acceptors (Lipinski definition) is 3. The minimum atomic E-state index is -0.190. The number of carbonyl (C=O) groups is 1. The maximum absolute atomic E-state index is 8.81. The van der Waals surface area contributed by atoms with Gasteiger partial charge in [0.05, 0.1) is 5.69 Å². The predicted octanol–water partition coefficient (Wildman–Crippen LogP) is 4.91. The molecule has 0 aliphatic carbocycles. The summed E-state index contributed by atoms with van der Waals surface area (Å²) in [5, 5.41) is 8.92. The molecule has 1 N–H and O–H groups in total. The van der Waals surface area contributed by atoms with E-state index in [9.17, 15) is 0 Å². The summed E-state index contributed by atoms with van der Waals surface area (Å²) in [4.78, 5) is 8.81. The summed E-state index contributed by atoms with van der Waals surface area (Å²) in [6.07, 6.45) is 1.88. The molecule has 132 valence electrons. The van der Waals surface area contributed by atoms with Gasteiger partial charge in [0.1, 0.15) is 12.1 Å². The number of aromatic nitrogens is 2. The number of benzene rings is 1. The fraction of sp³-hybridized carbons (Fsp3) is 0.474. The van der Waals surface area contributed by atoms with E-state index in [0.717, 1.165) is 47.9 Å². The number of aryl methyl sites for hydroxylation is 1. The molecular weight excluding hydrogens is 322 g/mol. The summed E-state index contributed by atoms with van der Waals surface area (Å²) in [5.74, 6) is 1.11. The number of anilines is 1. The largest absolute Gasteiger partial charge is 0.370 e. The van der Waals surface area contributed by atoms with Crippen molar-refractivity contribution in [2.75, 3.05) is 11.9 Å². The van der Waals surface area contributed by atoms with E-state index in [0.29, 0.717) is 0 Å². The molecule has 0 saturated carbocycles. The summed E-state index contributed by atoms with van der Waals surface area (Å²) in [6.45, 7) is 11.8. The van der Waals surface area contributed by atoms with Gasteiger partial charge in [0.25, 0.3) is 0 Å². The van der Waals surface area contributed by atoms with Crippen LogP contribution in [0.25, 0.3) is 0 Å². The Morgan fingerprint density at radius 1 is 1.29 bits per heavy atom.